The Labute approximate surface area is 140 Å². The first-order valence-electron chi connectivity index (χ1n) is 7.55. The van der Waals surface area contributed by atoms with Crippen molar-refractivity contribution in [2.24, 2.45) is 0 Å². The number of nitrogens with one attached hydrogen (secondary N) is 1. The standard InChI is InChI=1S/C17H19ClN2O3/c1-11(12-2-4-19-5-3-12)20-10-15(21)13-8-14(18)17-16(9-13)22-6-7-23-17/h2-5,8-9,11,15,20-21H,6-7,10H2,1H3. The van der Waals surface area contributed by atoms with Gasteiger partial charge in [0.1, 0.15) is 13.2 Å². The minimum Gasteiger partial charge on any atom is -0.486 e. The fourth-order valence-corrected chi connectivity index (χ4v) is 2.77. The number of nitrogens with zero attached hydrogens (tertiary/aromatic N) is 1. The number of hydrogen-bond acceptors (Lipinski definition) is 5. The van der Waals surface area contributed by atoms with E-state index < -0.39 is 6.10 Å². The topological polar surface area (TPSA) is 63.6 Å². The van der Waals surface area contributed by atoms with Crippen molar-refractivity contribution in [3.63, 3.8) is 0 Å². The van der Waals surface area contributed by atoms with Gasteiger partial charge in [0.2, 0.25) is 0 Å². The number of ether oxygens (including phenoxy) is 2. The van der Waals surface area contributed by atoms with Crippen LogP contribution in [-0.2, 0) is 0 Å². The number of fused-ring (bicyclic) bond motifs is 1. The second-order valence-electron chi connectivity index (χ2n) is 5.45. The molecule has 2 atom stereocenters. The summed E-state index contributed by atoms with van der Waals surface area (Å²) in [5, 5.41) is 14.2. The lowest BCUT2D eigenvalue weighted by atomic mass is 10.1. The number of hydrogen-bond donors (Lipinski definition) is 2. The largest absolute Gasteiger partial charge is 0.486 e. The molecule has 5 nitrogen and oxygen atoms in total. The van der Waals surface area contributed by atoms with Gasteiger partial charge in [-0.15, -0.1) is 0 Å². The Bertz CT molecular complexity index is 666. The quantitative estimate of drug-likeness (QED) is 0.880. The number of aliphatic hydroxyl groups excluding tert-OH is 1. The zero-order valence-electron chi connectivity index (χ0n) is 12.8. The molecule has 1 aliphatic heterocycles. The van der Waals surface area contributed by atoms with Gasteiger partial charge >= 0.3 is 0 Å². The van der Waals surface area contributed by atoms with Crippen molar-refractivity contribution in [3.05, 3.63) is 52.8 Å². The fourth-order valence-electron chi connectivity index (χ4n) is 2.50. The van der Waals surface area contributed by atoms with Crippen LogP contribution in [0.15, 0.2) is 36.7 Å². The van der Waals surface area contributed by atoms with E-state index in [2.05, 4.69) is 10.3 Å². The molecule has 23 heavy (non-hydrogen) atoms. The van der Waals surface area contributed by atoms with Crippen LogP contribution in [0.3, 0.4) is 0 Å². The third-order valence-electron chi connectivity index (χ3n) is 3.83. The molecule has 1 aliphatic rings. The molecule has 6 heteroatoms. The van der Waals surface area contributed by atoms with Crippen LogP contribution in [0.5, 0.6) is 11.5 Å². The van der Waals surface area contributed by atoms with Crippen LogP contribution >= 0.6 is 11.6 Å². The lowest BCUT2D eigenvalue weighted by molar-refractivity contribution is 0.161. The molecule has 0 saturated carbocycles. The van der Waals surface area contributed by atoms with Crippen molar-refractivity contribution >= 4 is 11.6 Å². The number of benzene rings is 1. The van der Waals surface area contributed by atoms with Gasteiger partial charge in [-0.3, -0.25) is 4.98 Å². The Morgan fingerprint density at radius 3 is 2.74 bits per heavy atom. The Hall–Kier alpha value is -1.82. The molecular weight excluding hydrogens is 316 g/mol. The summed E-state index contributed by atoms with van der Waals surface area (Å²) in [6.07, 6.45) is 2.82. The van der Waals surface area contributed by atoms with Crippen LogP contribution in [0, 0.1) is 0 Å². The molecule has 0 bridgehead atoms. The minimum absolute atomic E-state index is 0.111. The maximum Gasteiger partial charge on any atom is 0.179 e. The highest BCUT2D eigenvalue weighted by Crippen LogP contribution is 2.39. The molecule has 2 heterocycles. The maximum atomic E-state index is 10.4. The molecule has 3 rings (SSSR count). The number of aliphatic hydroxyl groups is 1. The van der Waals surface area contributed by atoms with Crippen molar-refractivity contribution in [2.75, 3.05) is 19.8 Å². The van der Waals surface area contributed by atoms with Crippen LogP contribution in [0.1, 0.15) is 30.2 Å². The monoisotopic (exact) mass is 334 g/mol. The second kappa shape index (κ2) is 7.17. The van der Waals surface area contributed by atoms with E-state index >= 15 is 0 Å². The van der Waals surface area contributed by atoms with E-state index in [1.54, 1.807) is 24.5 Å². The van der Waals surface area contributed by atoms with E-state index in [-0.39, 0.29) is 6.04 Å². The first-order chi connectivity index (χ1) is 11.1. The van der Waals surface area contributed by atoms with Gasteiger partial charge in [0, 0.05) is 25.0 Å². The summed E-state index contributed by atoms with van der Waals surface area (Å²) < 4.78 is 11.0. The number of halogens is 1. The van der Waals surface area contributed by atoms with Crippen LogP contribution in [0.25, 0.3) is 0 Å². The van der Waals surface area contributed by atoms with Gasteiger partial charge in [0.25, 0.3) is 0 Å². The molecule has 1 aromatic carbocycles. The molecule has 0 radical (unpaired) electrons. The molecule has 2 aromatic rings. The average molecular weight is 335 g/mol. The van der Waals surface area contributed by atoms with Gasteiger partial charge in [-0.1, -0.05) is 11.6 Å². The highest BCUT2D eigenvalue weighted by Gasteiger charge is 2.19. The van der Waals surface area contributed by atoms with Crippen molar-refractivity contribution in [1.29, 1.82) is 0 Å². The van der Waals surface area contributed by atoms with Crippen molar-refractivity contribution in [2.45, 2.75) is 19.1 Å². The van der Waals surface area contributed by atoms with Crippen molar-refractivity contribution in [3.8, 4) is 11.5 Å². The van der Waals surface area contributed by atoms with Crippen molar-refractivity contribution < 1.29 is 14.6 Å². The Morgan fingerprint density at radius 2 is 1.96 bits per heavy atom. The zero-order valence-corrected chi connectivity index (χ0v) is 13.6. The Kier molecular flexibility index (Phi) is 5.00. The predicted octanol–water partition coefficient (Wildman–Crippen LogP) is 2.89. The fraction of sp³-hybridized carbons (Fsp3) is 0.353. The first kappa shape index (κ1) is 16.1. The summed E-state index contributed by atoms with van der Waals surface area (Å²) in [6, 6.07) is 7.51. The minimum atomic E-state index is -0.687. The van der Waals surface area contributed by atoms with Gasteiger partial charge in [0.15, 0.2) is 11.5 Å². The second-order valence-corrected chi connectivity index (χ2v) is 5.86. The normalized spacial score (nSPS) is 16.0. The third-order valence-corrected chi connectivity index (χ3v) is 4.11. The Morgan fingerprint density at radius 1 is 1.22 bits per heavy atom. The van der Waals surface area contributed by atoms with E-state index in [9.17, 15) is 5.11 Å². The maximum absolute atomic E-state index is 10.4. The van der Waals surface area contributed by atoms with E-state index in [4.69, 9.17) is 21.1 Å². The lowest BCUT2D eigenvalue weighted by Crippen LogP contribution is -2.25. The molecule has 2 N–H and O–H groups in total. The molecule has 0 spiro atoms. The summed E-state index contributed by atoms with van der Waals surface area (Å²) in [6.45, 7) is 3.41. The lowest BCUT2D eigenvalue weighted by Gasteiger charge is -2.22. The van der Waals surface area contributed by atoms with E-state index in [0.29, 0.717) is 41.8 Å². The number of aromatic nitrogens is 1. The molecule has 0 fully saturated rings. The van der Waals surface area contributed by atoms with E-state index in [1.807, 2.05) is 19.1 Å². The summed E-state index contributed by atoms with van der Waals surface area (Å²) >= 11 is 6.21. The first-order valence-corrected chi connectivity index (χ1v) is 7.93. The van der Waals surface area contributed by atoms with E-state index in [1.165, 1.54) is 0 Å². The SMILES string of the molecule is CC(NCC(O)c1cc(Cl)c2c(c1)OCCO2)c1ccncc1. The molecular formula is C17H19ClN2O3. The van der Waals surface area contributed by atoms with Crippen LogP contribution < -0.4 is 14.8 Å². The summed E-state index contributed by atoms with van der Waals surface area (Å²) in [5.41, 5.74) is 1.82. The molecule has 1 aromatic heterocycles. The van der Waals surface area contributed by atoms with Gasteiger partial charge in [-0.25, -0.2) is 0 Å². The number of rotatable bonds is 5. The van der Waals surface area contributed by atoms with Gasteiger partial charge in [-0.05, 0) is 42.3 Å². The Balaban J connectivity index is 1.66. The third kappa shape index (κ3) is 3.75. The van der Waals surface area contributed by atoms with Crippen LogP contribution in [-0.4, -0.2) is 29.8 Å². The smallest absolute Gasteiger partial charge is 0.179 e. The predicted molar refractivity (Wildman–Crippen MR) is 88.1 cm³/mol. The van der Waals surface area contributed by atoms with Crippen LogP contribution in [0.2, 0.25) is 5.02 Å². The molecule has 0 amide bonds. The van der Waals surface area contributed by atoms with Crippen molar-refractivity contribution in [1.82, 2.24) is 10.3 Å². The van der Waals surface area contributed by atoms with Gasteiger partial charge < -0.3 is 19.9 Å². The summed E-state index contributed by atoms with van der Waals surface area (Å²) in [5.74, 6) is 1.13. The van der Waals surface area contributed by atoms with Crippen LogP contribution in [0.4, 0.5) is 0 Å². The highest BCUT2D eigenvalue weighted by atomic mass is 35.5. The van der Waals surface area contributed by atoms with E-state index in [0.717, 1.165) is 5.56 Å². The van der Waals surface area contributed by atoms with Gasteiger partial charge in [-0.2, -0.15) is 0 Å². The average Bonchev–Trinajstić information content (AvgIpc) is 2.60. The summed E-state index contributed by atoms with van der Waals surface area (Å²) in [4.78, 5) is 4.00. The zero-order chi connectivity index (χ0) is 16.2. The highest BCUT2D eigenvalue weighted by molar-refractivity contribution is 6.32. The summed E-state index contributed by atoms with van der Waals surface area (Å²) in [7, 11) is 0. The molecule has 122 valence electrons. The number of pyridine rings is 1. The molecule has 2 unspecified atom stereocenters. The van der Waals surface area contributed by atoms with Gasteiger partial charge in [0.05, 0.1) is 11.1 Å². The molecule has 0 aliphatic carbocycles. The molecule has 0 saturated heterocycles.